The number of hydrogen-bond acceptors (Lipinski definition) is 5. The Labute approximate surface area is 204 Å². The second kappa shape index (κ2) is 7.73. The smallest absolute Gasteiger partial charge is 0.161 e. The van der Waals surface area contributed by atoms with Crippen LogP contribution in [-0.2, 0) is 14.3 Å². The fraction of sp³-hybridized carbons (Fsp3) is 0.862. The van der Waals surface area contributed by atoms with E-state index in [2.05, 4.69) is 27.7 Å². The zero-order valence-corrected chi connectivity index (χ0v) is 21.8. The highest BCUT2D eigenvalue weighted by atomic mass is 16.5. The molecular formula is C29H44O5. The van der Waals surface area contributed by atoms with Gasteiger partial charge in [0.2, 0.25) is 0 Å². The minimum Gasteiger partial charge on any atom is -0.395 e. The van der Waals surface area contributed by atoms with Crippen LogP contribution in [-0.4, -0.2) is 46.7 Å². The van der Waals surface area contributed by atoms with Crippen molar-refractivity contribution >= 4 is 11.6 Å². The van der Waals surface area contributed by atoms with Crippen LogP contribution in [0.3, 0.4) is 0 Å². The SMILES string of the molecule is CCC(=O)[C@@H]1C[C@@H](C)[C@]2(CC[C@@]3(C)C4=C(CC[C@@]32C)[C@@]2(C)CCC(=O)C(CO)(CO)[C@@H]2CC4)O1. The van der Waals surface area contributed by atoms with Crippen molar-refractivity contribution in [1.29, 1.82) is 0 Å². The highest BCUT2D eigenvalue weighted by Crippen LogP contribution is 2.75. The summed E-state index contributed by atoms with van der Waals surface area (Å²) < 4.78 is 6.82. The summed E-state index contributed by atoms with van der Waals surface area (Å²) in [6.45, 7) is 10.9. The molecule has 5 nitrogen and oxygen atoms in total. The standard InChI is InChI=1S/C29H44O5/c1-6-21(32)22-15-18(2)29(34-22)14-13-26(4)20-7-8-23-25(3,19(20)9-12-27(26,29)5)11-10-24(33)28(23,16-30)17-31/h18,22-23,30-31H,6-17H2,1-5H3/t18-,22+,23-,25-,26+,27+,29+/m1/s1. The first-order chi connectivity index (χ1) is 16.0. The predicted molar refractivity (Wildman–Crippen MR) is 130 cm³/mol. The van der Waals surface area contributed by atoms with Gasteiger partial charge in [0.25, 0.3) is 0 Å². The van der Waals surface area contributed by atoms with Gasteiger partial charge in [-0.05, 0) is 74.0 Å². The second-order valence-electron chi connectivity index (χ2n) is 13.0. The van der Waals surface area contributed by atoms with Gasteiger partial charge in [-0.15, -0.1) is 0 Å². The Hall–Kier alpha value is -1.04. The molecule has 0 bridgehead atoms. The van der Waals surface area contributed by atoms with E-state index in [0.29, 0.717) is 18.8 Å². The summed E-state index contributed by atoms with van der Waals surface area (Å²) in [5.41, 5.74) is 1.63. The molecule has 3 fully saturated rings. The van der Waals surface area contributed by atoms with Crippen molar-refractivity contribution in [2.24, 2.45) is 33.5 Å². The first-order valence-electron chi connectivity index (χ1n) is 13.7. The van der Waals surface area contributed by atoms with Gasteiger partial charge in [0.1, 0.15) is 11.9 Å². The number of ketones is 2. The van der Waals surface area contributed by atoms with E-state index in [9.17, 15) is 19.8 Å². The molecule has 0 radical (unpaired) electrons. The number of ether oxygens (including phenoxy) is 1. The number of fused-ring (bicyclic) bond motifs is 5. The number of Topliss-reactive ketones (excluding diaryl/α,β-unsaturated/α-hetero) is 2. The second-order valence-corrected chi connectivity index (χ2v) is 13.0. The molecule has 190 valence electrons. The molecule has 4 aliphatic carbocycles. The minimum absolute atomic E-state index is 0.00784. The van der Waals surface area contributed by atoms with E-state index in [-0.39, 0.29) is 58.6 Å². The normalized spacial score (nSPS) is 47.5. The van der Waals surface area contributed by atoms with E-state index in [0.717, 1.165) is 51.4 Å². The fourth-order valence-electron chi connectivity index (χ4n) is 9.97. The number of aliphatic hydroxyl groups excluding tert-OH is 2. The van der Waals surface area contributed by atoms with Crippen LogP contribution in [0.5, 0.6) is 0 Å². The van der Waals surface area contributed by atoms with Crippen molar-refractivity contribution in [3.05, 3.63) is 11.1 Å². The largest absolute Gasteiger partial charge is 0.395 e. The van der Waals surface area contributed by atoms with Crippen LogP contribution in [0.4, 0.5) is 0 Å². The summed E-state index contributed by atoms with van der Waals surface area (Å²) in [6, 6.07) is 0. The maximum Gasteiger partial charge on any atom is 0.161 e. The third-order valence-corrected chi connectivity index (χ3v) is 12.3. The Morgan fingerprint density at radius 2 is 1.71 bits per heavy atom. The maximum absolute atomic E-state index is 13.0. The van der Waals surface area contributed by atoms with Gasteiger partial charge in [-0.2, -0.15) is 0 Å². The molecule has 5 rings (SSSR count). The quantitative estimate of drug-likeness (QED) is 0.576. The van der Waals surface area contributed by atoms with Gasteiger partial charge in [-0.1, -0.05) is 45.8 Å². The van der Waals surface area contributed by atoms with Gasteiger partial charge in [0, 0.05) is 18.3 Å². The fourth-order valence-corrected chi connectivity index (χ4v) is 9.97. The first kappa shape index (κ1) is 24.6. The molecule has 0 amide bonds. The molecule has 0 aromatic rings. The van der Waals surface area contributed by atoms with Crippen LogP contribution < -0.4 is 0 Å². The average Bonchev–Trinajstić information content (AvgIpc) is 3.29. The topological polar surface area (TPSA) is 83.8 Å². The first-order valence-corrected chi connectivity index (χ1v) is 13.7. The van der Waals surface area contributed by atoms with Crippen molar-refractivity contribution in [1.82, 2.24) is 0 Å². The number of hydrogen-bond donors (Lipinski definition) is 2. The van der Waals surface area contributed by atoms with E-state index in [1.54, 1.807) is 5.57 Å². The van der Waals surface area contributed by atoms with Crippen LogP contribution >= 0.6 is 0 Å². The number of aliphatic hydroxyl groups is 2. The van der Waals surface area contributed by atoms with Crippen LogP contribution in [0.15, 0.2) is 11.1 Å². The number of carbonyl (C=O) groups excluding carboxylic acids is 2. The van der Waals surface area contributed by atoms with E-state index in [1.165, 1.54) is 5.57 Å². The summed E-state index contributed by atoms with van der Waals surface area (Å²) in [5, 5.41) is 20.6. The van der Waals surface area contributed by atoms with E-state index in [4.69, 9.17) is 4.74 Å². The highest BCUT2D eigenvalue weighted by Gasteiger charge is 2.72. The summed E-state index contributed by atoms with van der Waals surface area (Å²) in [5.74, 6) is 0.626. The molecular weight excluding hydrogens is 428 g/mol. The molecule has 34 heavy (non-hydrogen) atoms. The summed E-state index contributed by atoms with van der Waals surface area (Å²) in [6.07, 6.45) is 8.22. The van der Waals surface area contributed by atoms with Gasteiger partial charge in [-0.3, -0.25) is 9.59 Å². The van der Waals surface area contributed by atoms with Crippen molar-refractivity contribution in [2.75, 3.05) is 13.2 Å². The molecule has 0 aromatic heterocycles. The van der Waals surface area contributed by atoms with E-state index in [1.807, 2.05) is 6.92 Å². The summed E-state index contributed by atoms with van der Waals surface area (Å²) >= 11 is 0. The lowest BCUT2D eigenvalue weighted by Gasteiger charge is -2.62. The predicted octanol–water partition coefficient (Wildman–Crippen LogP) is 4.78. The number of allylic oxidation sites excluding steroid dienone is 2. The average molecular weight is 473 g/mol. The lowest BCUT2D eigenvalue weighted by molar-refractivity contribution is -0.164. The van der Waals surface area contributed by atoms with Gasteiger partial charge in [0.05, 0.1) is 24.2 Å². The molecule has 2 N–H and O–H groups in total. The minimum atomic E-state index is -1.01. The van der Waals surface area contributed by atoms with Crippen molar-refractivity contribution < 1.29 is 24.5 Å². The van der Waals surface area contributed by atoms with Crippen LogP contribution in [0.25, 0.3) is 0 Å². The Kier molecular flexibility index (Phi) is 5.60. The third-order valence-electron chi connectivity index (χ3n) is 12.3. The molecule has 5 aliphatic rings. The molecule has 0 unspecified atom stereocenters. The third kappa shape index (κ3) is 2.67. The molecule has 5 heteroatoms. The lowest BCUT2D eigenvalue weighted by atomic mass is 9.43. The summed E-state index contributed by atoms with van der Waals surface area (Å²) in [7, 11) is 0. The van der Waals surface area contributed by atoms with Gasteiger partial charge in [-0.25, -0.2) is 0 Å². The summed E-state index contributed by atoms with van der Waals surface area (Å²) in [4.78, 5) is 25.6. The van der Waals surface area contributed by atoms with Gasteiger partial charge < -0.3 is 14.9 Å². The lowest BCUT2D eigenvalue weighted by Crippen LogP contribution is -2.60. The van der Waals surface area contributed by atoms with E-state index < -0.39 is 5.41 Å². The Morgan fingerprint density at radius 1 is 1.00 bits per heavy atom. The van der Waals surface area contributed by atoms with Crippen LogP contribution in [0.2, 0.25) is 0 Å². The number of carbonyl (C=O) groups is 2. The zero-order valence-electron chi connectivity index (χ0n) is 21.8. The highest BCUT2D eigenvalue weighted by molar-refractivity contribution is 5.87. The molecule has 1 aliphatic heterocycles. The van der Waals surface area contributed by atoms with Crippen LogP contribution in [0.1, 0.15) is 98.8 Å². The Balaban J connectivity index is 1.57. The molecule has 2 saturated carbocycles. The molecule has 0 aromatic carbocycles. The monoisotopic (exact) mass is 472 g/mol. The molecule has 1 saturated heterocycles. The van der Waals surface area contributed by atoms with Crippen molar-refractivity contribution in [3.8, 4) is 0 Å². The van der Waals surface area contributed by atoms with E-state index >= 15 is 0 Å². The number of rotatable bonds is 4. The molecule has 7 atom stereocenters. The maximum atomic E-state index is 13.0. The molecule has 1 spiro atoms. The van der Waals surface area contributed by atoms with Crippen molar-refractivity contribution in [3.63, 3.8) is 0 Å². The Bertz CT molecular complexity index is 933. The van der Waals surface area contributed by atoms with Crippen LogP contribution in [0, 0.1) is 33.5 Å². The van der Waals surface area contributed by atoms with Gasteiger partial charge in [0.15, 0.2) is 5.78 Å². The Morgan fingerprint density at radius 3 is 2.35 bits per heavy atom. The van der Waals surface area contributed by atoms with Crippen molar-refractivity contribution in [2.45, 2.75) is 111 Å². The molecule has 1 heterocycles. The van der Waals surface area contributed by atoms with Gasteiger partial charge >= 0.3 is 0 Å². The zero-order chi connectivity index (χ0) is 24.7.